The Hall–Kier alpha value is -2.94. The van der Waals surface area contributed by atoms with Gasteiger partial charge in [0.25, 0.3) is 0 Å². The molecule has 0 unspecified atom stereocenters. The molecule has 0 aliphatic rings. The van der Waals surface area contributed by atoms with Crippen LogP contribution >= 0.6 is 0 Å². The molecule has 0 atom stereocenters. The summed E-state index contributed by atoms with van der Waals surface area (Å²) >= 11 is 0. The molecular weight excluding hydrogens is 490 g/mol. The highest BCUT2D eigenvalue weighted by atomic mass is 16.6. The number of aldehydes is 2. The van der Waals surface area contributed by atoms with Crippen LogP contribution in [0.4, 0.5) is 0 Å². The number of nitrogens with two attached hydrogens (primary N) is 1. The van der Waals surface area contributed by atoms with E-state index < -0.39 is 0 Å². The van der Waals surface area contributed by atoms with E-state index in [9.17, 15) is 19.2 Å². The number of ether oxygens (including phenoxy) is 6. The third kappa shape index (κ3) is 17.2. The molecule has 1 aromatic rings. The van der Waals surface area contributed by atoms with Crippen molar-refractivity contribution in [3.8, 4) is 5.75 Å². The third-order valence-corrected chi connectivity index (χ3v) is 4.58. The SMILES string of the molecule is NNC(=O)CCC(=O)NCCOCCOCCOCCOCCOCCOc1cc(C=O)ccc1C=O. The minimum atomic E-state index is -0.388. The van der Waals surface area contributed by atoms with Gasteiger partial charge in [0.2, 0.25) is 11.8 Å². The topological polar surface area (TPSA) is 174 Å². The van der Waals surface area contributed by atoms with E-state index in [2.05, 4.69) is 5.32 Å². The lowest BCUT2D eigenvalue weighted by Gasteiger charge is -2.10. The van der Waals surface area contributed by atoms with E-state index in [-0.39, 0.29) is 31.3 Å². The summed E-state index contributed by atoms with van der Waals surface area (Å²) < 4.78 is 32.4. The monoisotopic (exact) mass is 527 g/mol. The zero-order chi connectivity index (χ0) is 27.0. The molecule has 13 nitrogen and oxygen atoms in total. The average molecular weight is 528 g/mol. The van der Waals surface area contributed by atoms with Crippen molar-refractivity contribution < 1.29 is 47.6 Å². The number of amides is 2. The first kappa shape index (κ1) is 32.1. The zero-order valence-corrected chi connectivity index (χ0v) is 20.9. The number of hydrazine groups is 1. The van der Waals surface area contributed by atoms with Crippen LogP contribution in [0.25, 0.3) is 0 Å². The van der Waals surface area contributed by atoms with Crippen molar-refractivity contribution in [3.63, 3.8) is 0 Å². The van der Waals surface area contributed by atoms with E-state index in [0.717, 1.165) is 0 Å². The maximum atomic E-state index is 11.5. The van der Waals surface area contributed by atoms with Gasteiger partial charge in [0, 0.05) is 24.9 Å². The fourth-order valence-corrected chi connectivity index (χ4v) is 2.69. The van der Waals surface area contributed by atoms with Crippen LogP contribution in [0.2, 0.25) is 0 Å². The fourth-order valence-electron chi connectivity index (χ4n) is 2.69. The highest BCUT2D eigenvalue weighted by Crippen LogP contribution is 2.18. The van der Waals surface area contributed by atoms with Crippen LogP contribution in [0.1, 0.15) is 33.6 Å². The van der Waals surface area contributed by atoms with Gasteiger partial charge in [-0.05, 0) is 12.1 Å². The van der Waals surface area contributed by atoms with Gasteiger partial charge in [-0.25, -0.2) is 5.84 Å². The number of benzene rings is 1. The Morgan fingerprint density at radius 1 is 0.703 bits per heavy atom. The van der Waals surface area contributed by atoms with Gasteiger partial charge in [0.05, 0.1) is 71.6 Å². The molecule has 0 aromatic heterocycles. The van der Waals surface area contributed by atoms with Crippen molar-refractivity contribution in [2.45, 2.75) is 12.8 Å². The predicted octanol–water partition coefficient (Wildman–Crippen LogP) is -0.340. The first-order chi connectivity index (χ1) is 18.1. The zero-order valence-electron chi connectivity index (χ0n) is 20.9. The van der Waals surface area contributed by atoms with Crippen LogP contribution < -0.4 is 21.3 Å². The van der Waals surface area contributed by atoms with Crippen LogP contribution in [-0.2, 0) is 33.3 Å². The van der Waals surface area contributed by atoms with E-state index in [0.29, 0.717) is 102 Å². The number of hydrogen-bond acceptors (Lipinski definition) is 11. The van der Waals surface area contributed by atoms with E-state index in [1.807, 2.05) is 5.43 Å². The van der Waals surface area contributed by atoms with Crippen molar-refractivity contribution >= 4 is 24.4 Å². The molecule has 37 heavy (non-hydrogen) atoms. The maximum Gasteiger partial charge on any atom is 0.234 e. The van der Waals surface area contributed by atoms with Crippen molar-refractivity contribution in [2.75, 3.05) is 79.2 Å². The molecule has 13 heteroatoms. The summed E-state index contributed by atoms with van der Waals surface area (Å²) in [6.45, 7) is 4.54. The summed E-state index contributed by atoms with van der Waals surface area (Å²) in [6, 6.07) is 4.60. The van der Waals surface area contributed by atoms with Gasteiger partial charge >= 0.3 is 0 Å². The lowest BCUT2D eigenvalue weighted by atomic mass is 10.1. The predicted molar refractivity (Wildman–Crippen MR) is 131 cm³/mol. The Morgan fingerprint density at radius 2 is 1.22 bits per heavy atom. The molecule has 208 valence electrons. The van der Waals surface area contributed by atoms with E-state index in [4.69, 9.17) is 34.3 Å². The first-order valence-corrected chi connectivity index (χ1v) is 11.9. The second-order valence-electron chi connectivity index (χ2n) is 7.36. The summed E-state index contributed by atoms with van der Waals surface area (Å²) in [7, 11) is 0. The lowest BCUT2D eigenvalue weighted by Crippen LogP contribution is -2.32. The molecule has 0 radical (unpaired) electrons. The number of carbonyl (C=O) groups is 4. The first-order valence-electron chi connectivity index (χ1n) is 11.9. The highest BCUT2D eigenvalue weighted by Gasteiger charge is 2.05. The molecule has 1 rings (SSSR count). The number of carbonyl (C=O) groups excluding carboxylic acids is 4. The summed E-state index contributed by atoms with van der Waals surface area (Å²) in [6.07, 6.45) is 1.48. The Labute approximate surface area is 216 Å². The summed E-state index contributed by atoms with van der Waals surface area (Å²) in [5.41, 5.74) is 2.77. The molecule has 4 N–H and O–H groups in total. The van der Waals surface area contributed by atoms with Gasteiger partial charge < -0.3 is 33.7 Å². The van der Waals surface area contributed by atoms with Gasteiger partial charge in [0.1, 0.15) is 18.6 Å². The summed E-state index contributed by atoms with van der Waals surface area (Å²) in [4.78, 5) is 44.2. The van der Waals surface area contributed by atoms with E-state index in [1.54, 1.807) is 6.07 Å². The minimum Gasteiger partial charge on any atom is -0.490 e. The standard InChI is InChI=1S/C24H37N3O10/c25-27-24(31)4-3-23(30)26-5-6-32-7-8-33-9-10-34-11-12-35-13-14-36-15-16-37-22-17-20(18-28)1-2-21(22)19-29/h1-2,17-19H,3-16,25H2,(H,26,30)(H,27,31). The van der Waals surface area contributed by atoms with E-state index in [1.165, 1.54) is 12.1 Å². The molecule has 0 saturated heterocycles. The average Bonchev–Trinajstić information content (AvgIpc) is 2.92. The molecule has 0 bridgehead atoms. The number of rotatable bonds is 24. The maximum absolute atomic E-state index is 11.5. The van der Waals surface area contributed by atoms with Crippen LogP contribution in [0, 0.1) is 0 Å². The molecule has 0 fully saturated rings. The largest absolute Gasteiger partial charge is 0.490 e. The van der Waals surface area contributed by atoms with Gasteiger partial charge in [-0.1, -0.05) is 6.07 Å². The molecule has 0 saturated carbocycles. The van der Waals surface area contributed by atoms with Crippen molar-refractivity contribution in [1.29, 1.82) is 0 Å². The molecule has 0 aliphatic heterocycles. The van der Waals surface area contributed by atoms with Crippen LogP contribution in [0.5, 0.6) is 5.75 Å². The fraction of sp³-hybridized carbons (Fsp3) is 0.583. The van der Waals surface area contributed by atoms with E-state index >= 15 is 0 Å². The highest BCUT2D eigenvalue weighted by molar-refractivity contribution is 5.84. The van der Waals surface area contributed by atoms with Gasteiger partial charge in [-0.2, -0.15) is 0 Å². The van der Waals surface area contributed by atoms with Gasteiger partial charge in [-0.3, -0.25) is 24.6 Å². The molecule has 0 aliphatic carbocycles. The quantitative estimate of drug-likeness (QED) is 0.0527. The van der Waals surface area contributed by atoms with Gasteiger partial charge in [-0.15, -0.1) is 0 Å². The smallest absolute Gasteiger partial charge is 0.234 e. The molecular formula is C24H37N3O10. The molecule has 0 heterocycles. The Bertz CT molecular complexity index is 794. The second-order valence-corrected chi connectivity index (χ2v) is 7.36. The van der Waals surface area contributed by atoms with Crippen LogP contribution in [-0.4, -0.2) is 104 Å². The Kier molecular flexibility index (Phi) is 19.3. The number of hydrogen-bond donors (Lipinski definition) is 3. The summed E-state index contributed by atoms with van der Waals surface area (Å²) in [5, 5.41) is 2.64. The second kappa shape index (κ2) is 22.3. The Balaban J connectivity index is 1.81. The minimum absolute atomic E-state index is 0.0445. The Morgan fingerprint density at radius 3 is 1.73 bits per heavy atom. The normalized spacial score (nSPS) is 10.6. The summed E-state index contributed by atoms with van der Waals surface area (Å²) in [5.74, 6) is 4.66. The van der Waals surface area contributed by atoms with Crippen molar-refractivity contribution in [1.82, 2.24) is 10.7 Å². The van der Waals surface area contributed by atoms with Crippen LogP contribution in [0.3, 0.4) is 0 Å². The molecule has 0 spiro atoms. The van der Waals surface area contributed by atoms with Crippen molar-refractivity contribution in [3.05, 3.63) is 29.3 Å². The third-order valence-electron chi connectivity index (χ3n) is 4.58. The van der Waals surface area contributed by atoms with Gasteiger partial charge in [0.15, 0.2) is 6.29 Å². The molecule has 1 aromatic carbocycles. The lowest BCUT2D eigenvalue weighted by molar-refractivity contribution is -0.126. The van der Waals surface area contributed by atoms with Crippen LogP contribution in [0.15, 0.2) is 18.2 Å². The van der Waals surface area contributed by atoms with Crippen molar-refractivity contribution in [2.24, 2.45) is 5.84 Å². The number of nitrogens with one attached hydrogen (secondary N) is 2. The molecule has 2 amide bonds.